The number of carbonyl (C=O) groups excluding carboxylic acids is 1. The number of ether oxygens (including phenoxy) is 1. The summed E-state index contributed by atoms with van der Waals surface area (Å²) in [5, 5.41) is 0. The highest BCUT2D eigenvalue weighted by Crippen LogP contribution is 2.37. The molecule has 0 atom stereocenters. The Morgan fingerprint density at radius 1 is 1.33 bits per heavy atom. The fourth-order valence-electron chi connectivity index (χ4n) is 2.38. The van der Waals surface area contributed by atoms with Gasteiger partial charge in [0.15, 0.2) is 6.29 Å². The van der Waals surface area contributed by atoms with Gasteiger partial charge in [-0.25, -0.2) is 0 Å². The van der Waals surface area contributed by atoms with E-state index in [-0.39, 0.29) is 6.10 Å². The van der Waals surface area contributed by atoms with Crippen LogP contribution in [0.2, 0.25) is 0 Å². The van der Waals surface area contributed by atoms with Crippen LogP contribution < -0.4 is 4.74 Å². The quantitative estimate of drug-likeness (QED) is 0.762. The van der Waals surface area contributed by atoms with Gasteiger partial charge in [-0.2, -0.15) is 0 Å². The number of hydrogen-bond acceptors (Lipinski definition) is 2. The van der Waals surface area contributed by atoms with Gasteiger partial charge in [0.1, 0.15) is 5.75 Å². The fourth-order valence-corrected chi connectivity index (χ4v) is 2.72. The van der Waals surface area contributed by atoms with Crippen LogP contribution in [0.5, 0.6) is 5.75 Å². The molecule has 0 heterocycles. The summed E-state index contributed by atoms with van der Waals surface area (Å²) in [5.41, 5.74) is 1.06. The molecule has 0 aromatic heterocycles. The van der Waals surface area contributed by atoms with Gasteiger partial charge in [-0.1, -0.05) is 29.8 Å². The number of benzene rings is 1. The molecule has 1 aliphatic carbocycles. The molecule has 0 unspecified atom stereocenters. The Labute approximate surface area is 117 Å². The lowest BCUT2D eigenvalue weighted by atomic mass is 9.76. The molecule has 0 saturated heterocycles. The van der Waals surface area contributed by atoms with Gasteiger partial charge in [-0.3, -0.25) is 4.79 Å². The average molecular weight is 311 g/mol. The number of aldehydes is 1. The molecule has 1 saturated carbocycles. The van der Waals surface area contributed by atoms with Crippen molar-refractivity contribution in [2.45, 2.75) is 45.6 Å². The lowest BCUT2D eigenvalue weighted by Crippen LogP contribution is -2.28. The normalized spacial score (nSPS) is 19.5. The molecule has 0 spiro atoms. The van der Waals surface area contributed by atoms with Crippen LogP contribution in [0.15, 0.2) is 22.7 Å². The highest BCUT2D eigenvalue weighted by molar-refractivity contribution is 9.10. The van der Waals surface area contributed by atoms with Gasteiger partial charge < -0.3 is 4.74 Å². The Hall–Kier alpha value is -0.830. The molecule has 1 aliphatic rings. The zero-order chi connectivity index (χ0) is 13.2. The molecule has 2 rings (SSSR count). The van der Waals surface area contributed by atoms with Crippen molar-refractivity contribution in [2.24, 2.45) is 5.41 Å². The van der Waals surface area contributed by atoms with E-state index in [0.29, 0.717) is 16.7 Å². The Kier molecular flexibility index (Phi) is 4.10. The average Bonchev–Trinajstić information content (AvgIpc) is 2.32. The summed E-state index contributed by atoms with van der Waals surface area (Å²) < 4.78 is 6.93. The first kappa shape index (κ1) is 13.6. The second-order valence-electron chi connectivity index (χ2n) is 5.78. The molecule has 1 aromatic rings. The third kappa shape index (κ3) is 3.35. The highest BCUT2D eigenvalue weighted by atomic mass is 79.9. The van der Waals surface area contributed by atoms with E-state index in [2.05, 4.69) is 29.8 Å². The molecular weight excluding hydrogens is 292 g/mol. The van der Waals surface area contributed by atoms with Crippen LogP contribution in [0.25, 0.3) is 0 Å². The number of rotatable bonds is 3. The molecule has 2 nitrogen and oxygen atoms in total. The molecule has 3 heteroatoms. The minimum absolute atomic E-state index is 0.242. The number of hydrogen-bond donors (Lipinski definition) is 0. The summed E-state index contributed by atoms with van der Waals surface area (Å²) in [6, 6.07) is 5.53. The van der Waals surface area contributed by atoms with Crippen molar-refractivity contribution in [2.75, 3.05) is 0 Å². The van der Waals surface area contributed by atoms with E-state index in [1.165, 1.54) is 12.8 Å². The molecule has 0 radical (unpaired) electrons. The Balaban J connectivity index is 2.06. The minimum Gasteiger partial charge on any atom is -0.490 e. The molecule has 0 amide bonds. The molecule has 0 bridgehead atoms. The molecule has 1 aromatic carbocycles. The number of carbonyl (C=O) groups is 1. The fraction of sp³-hybridized carbons (Fsp3) is 0.533. The van der Waals surface area contributed by atoms with Crippen molar-refractivity contribution in [3.05, 3.63) is 28.2 Å². The molecule has 98 valence electrons. The molecule has 0 aliphatic heterocycles. The molecule has 1 fully saturated rings. The standard InChI is InChI=1S/C15H19BrO2/c1-15(2)7-5-13(6-8-15)18-14-9-12(16)4-3-11(14)10-17/h3-4,9-10,13H,5-8H2,1-2H3. The summed E-state index contributed by atoms with van der Waals surface area (Å²) in [6.07, 6.45) is 5.60. The van der Waals surface area contributed by atoms with Crippen molar-refractivity contribution in [3.8, 4) is 5.75 Å². The van der Waals surface area contributed by atoms with Crippen molar-refractivity contribution in [1.29, 1.82) is 0 Å². The van der Waals surface area contributed by atoms with Crippen molar-refractivity contribution in [3.63, 3.8) is 0 Å². The summed E-state index contributed by atoms with van der Waals surface area (Å²) in [5.74, 6) is 0.698. The van der Waals surface area contributed by atoms with Crippen molar-refractivity contribution >= 4 is 22.2 Å². The van der Waals surface area contributed by atoms with Gasteiger partial charge in [-0.15, -0.1) is 0 Å². The second kappa shape index (κ2) is 5.43. The van der Waals surface area contributed by atoms with Crippen LogP contribution in [0.4, 0.5) is 0 Å². The summed E-state index contributed by atoms with van der Waals surface area (Å²) >= 11 is 3.41. The topological polar surface area (TPSA) is 26.3 Å². The van der Waals surface area contributed by atoms with Crippen molar-refractivity contribution < 1.29 is 9.53 Å². The minimum atomic E-state index is 0.242. The first-order chi connectivity index (χ1) is 8.50. The number of halogens is 1. The van der Waals surface area contributed by atoms with Crippen LogP contribution in [0.3, 0.4) is 0 Å². The monoisotopic (exact) mass is 310 g/mol. The zero-order valence-electron chi connectivity index (χ0n) is 10.9. The Bertz CT molecular complexity index is 430. The van der Waals surface area contributed by atoms with E-state index in [1.54, 1.807) is 6.07 Å². The van der Waals surface area contributed by atoms with E-state index in [9.17, 15) is 4.79 Å². The largest absolute Gasteiger partial charge is 0.490 e. The van der Waals surface area contributed by atoms with Gasteiger partial charge in [0.25, 0.3) is 0 Å². The highest BCUT2D eigenvalue weighted by Gasteiger charge is 2.28. The van der Waals surface area contributed by atoms with Crippen molar-refractivity contribution in [1.82, 2.24) is 0 Å². The van der Waals surface area contributed by atoms with Gasteiger partial charge in [0.2, 0.25) is 0 Å². The van der Waals surface area contributed by atoms with E-state index in [4.69, 9.17) is 4.74 Å². The van der Waals surface area contributed by atoms with Crippen LogP contribution >= 0.6 is 15.9 Å². The van der Waals surface area contributed by atoms with Gasteiger partial charge in [0.05, 0.1) is 11.7 Å². The van der Waals surface area contributed by atoms with Gasteiger partial charge in [0, 0.05) is 4.47 Å². The molecule has 18 heavy (non-hydrogen) atoms. The maximum absolute atomic E-state index is 11.0. The third-order valence-corrected chi connectivity index (χ3v) is 4.18. The SMILES string of the molecule is CC1(C)CCC(Oc2cc(Br)ccc2C=O)CC1. The zero-order valence-corrected chi connectivity index (χ0v) is 12.5. The van der Waals surface area contributed by atoms with E-state index >= 15 is 0 Å². The predicted octanol–water partition coefficient (Wildman–Crippen LogP) is 4.61. The summed E-state index contributed by atoms with van der Waals surface area (Å²) in [7, 11) is 0. The maximum atomic E-state index is 11.0. The van der Waals surface area contributed by atoms with E-state index < -0.39 is 0 Å². The van der Waals surface area contributed by atoms with Crippen LogP contribution in [0.1, 0.15) is 49.9 Å². The van der Waals surface area contributed by atoms with Gasteiger partial charge >= 0.3 is 0 Å². The second-order valence-corrected chi connectivity index (χ2v) is 6.70. The first-order valence-electron chi connectivity index (χ1n) is 6.41. The Morgan fingerprint density at radius 2 is 2.00 bits per heavy atom. The first-order valence-corrected chi connectivity index (χ1v) is 7.21. The Morgan fingerprint density at radius 3 is 2.61 bits per heavy atom. The van der Waals surface area contributed by atoms with Crippen LogP contribution in [-0.4, -0.2) is 12.4 Å². The third-order valence-electron chi connectivity index (χ3n) is 3.68. The molecule has 0 N–H and O–H groups in total. The lowest BCUT2D eigenvalue weighted by molar-refractivity contribution is 0.0961. The summed E-state index contributed by atoms with van der Waals surface area (Å²) in [6.45, 7) is 4.61. The lowest BCUT2D eigenvalue weighted by Gasteiger charge is -2.34. The maximum Gasteiger partial charge on any atom is 0.153 e. The van der Waals surface area contributed by atoms with Crippen LogP contribution in [-0.2, 0) is 0 Å². The molecular formula is C15H19BrO2. The predicted molar refractivity (Wildman–Crippen MR) is 76.2 cm³/mol. The van der Waals surface area contributed by atoms with E-state index in [1.807, 2.05) is 12.1 Å². The van der Waals surface area contributed by atoms with E-state index in [0.717, 1.165) is 23.6 Å². The van der Waals surface area contributed by atoms with Crippen LogP contribution in [0, 0.1) is 5.41 Å². The summed E-state index contributed by atoms with van der Waals surface area (Å²) in [4.78, 5) is 11.0. The smallest absolute Gasteiger partial charge is 0.153 e. The van der Waals surface area contributed by atoms with Gasteiger partial charge in [-0.05, 0) is 49.3 Å².